The van der Waals surface area contributed by atoms with Gasteiger partial charge in [-0.1, -0.05) is 71.1 Å². The molecule has 0 atom stereocenters. The summed E-state index contributed by atoms with van der Waals surface area (Å²) in [6, 6.07) is 3.84. The van der Waals surface area contributed by atoms with Crippen molar-refractivity contribution in [3.63, 3.8) is 0 Å². The number of aromatic nitrogens is 4. The summed E-state index contributed by atoms with van der Waals surface area (Å²) < 4.78 is 0. The van der Waals surface area contributed by atoms with Gasteiger partial charge in [-0.3, -0.25) is 0 Å². The summed E-state index contributed by atoms with van der Waals surface area (Å²) in [5.41, 5.74) is 1.48. The quantitative estimate of drug-likeness (QED) is 0.500. The molecule has 0 aliphatic rings. The molecule has 0 bridgehead atoms. The lowest BCUT2D eigenvalue weighted by atomic mass is 10.1. The molecule has 0 N–H and O–H groups in total. The van der Waals surface area contributed by atoms with Gasteiger partial charge < -0.3 is 0 Å². The summed E-state index contributed by atoms with van der Waals surface area (Å²) in [6.07, 6.45) is 17.6. The Morgan fingerprint density at radius 1 is 0.783 bits per heavy atom. The molecule has 0 aliphatic carbocycles. The van der Waals surface area contributed by atoms with E-state index in [0.717, 1.165) is 24.2 Å². The van der Waals surface area contributed by atoms with Crippen LogP contribution in [0.3, 0.4) is 0 Å². The molecule has 0 amide bonds. The monoisotopic (exact) mass is 314 g/mol. The van der Waals surface area contributed by atoms with Crippen molar-refractivity contribution in [2.45, 2.75) is 84.0 Å². The minimum Gasteiger partial charge on any atom is -0.234 e. The Labute approximate surface area is 140 Å². The van der Waals surface area contributed by atoms with Crippen molar-refractivity contribution in [2.24, 2.45) is 0 Å². The molecule has 0 unspecified atom stereocenters. The number of hydrogen-bond acceptors (Lipinski definition) is 4. The zero-order valence-electron chi connectivity index (χ0n) is 14.5. The van der Waals surface area contributed by atoms with Crippen LogP contribution in [0.4, 0.5) is 0 Å². The fourth-order valence-electron chi connectivity index (χ4n) is 2.87. The molecule has 4 nitrogen and oxygen atoms in total. The molecule has 0 saturated carbocycles. The zero-order chi connectivity index (χ0) is 16.2. The third-order valence-corrected chi connectivity index (χ3v) is 4.28. The first-order valence-electron chi connectivity index (χ1n) is 9.34. The number of unbranched alkanes of at least 4 members (excludes halogenated alkanes) is 10. The predicted octanol–water partition coefficient (Wildman–Crippen LogP) is 5.27. The van der Waals surface area contributed by atoms with Gasteiger partial charge in [-0.2, -0.15) is 0 Å². The van der Waals surface area contributed by atoms with E-state index in [1.54, 1.807) is 6.20 Å². The number of nitrogens with zero attached hydrogens (tertiary/aromatic N) is 4. The third kappa shape index (κ3) is 7.02. The first-order chi connectivity index (χ1) is 11.4. The lowest BCUT2D eigenvalue weighted by Crippen LogP contribution is -1.99. The van der Waals surface area contributed by atoms with E-state index in [1.165, 1.54) is 64.2 Å². The van der Waals surface area contributed by atoms with Gasteiger partial charge in [0, 0.05) is 12.6 Å². The van der Waals surface area contributed by atoms with Crippen LogP contribution in [-0.2, 0) is 6.42 Å². The highest BCUT2D eigenvalue weighted by Gasteiger charge is 2.02. The maximum atomic E-state index is 4.52. The summed E-state index contributed by atoms with van der Waals surface area (Å²) in [5, 5.41) is 8.29. The molecule has 0 radical (unpaired) electrons. The largest absolute Gasteiger partial charge is 0.234 e. The van der Waals surface area contributed by atoms with Crippen molar-refractivity contribution in [3.05, 3.63) is 24.2 Å². The summed E-state index contributed by atoms with van der Waals surface area (Å²) >= 11 is 0. The first kappa shape index (κ1) is 17.8. The average molecular weight is 314 g/mol. The van der Waals surface area contributed by atoms with Gasteiger partial charge >= 0.3 is 0 Å². The molecule has 2 aromatic heterocycles. The second kappa shape index (κ2) is 11.0. The standard InChI is InChI=1S/C19H30N4/c1-2-3-4-5-6-7-8-9-10-11-12-15-18-21-17-14-13-16-20-19(17)23-22-18/h13-14,16H,2-12,15H2,1H3. The van der Waals surface area contributed by atoms with Gasteiger partial charge in [0.25, 0.3) is 0 Å². The molecule has 23 heavy (non-hydrogen) atoms. The smallest absolute Gasteiger partial charge is 0.200 e. The maximum Gasteiger partial charge on any atom is 0.200 e. The fraction of sp³-hybridized carbons (Fsp3) is 0.684. The minimum atomic E-state index is 0.634. The van der Waals surface area contributed by atoms with Gasteiger partial charge in [-0.15, -0.1) is 10.2 Å². The van der Waals surface area contributed by atoms with Gasteiger partial charge in [-0.05, 0) is 18.6 Å². The van der Waals surface area contributed by atoms with Crippen LogP contribution in [0, 0.1) is 0 Å². The van der Waals surface area contributed by atoms with E-state index < -0.39 is 0 Å². The van der Waals surface area contributed by atoms with Gasteiger partial charge in [0.1, 0.15) is 5.52 Å². The van der Waals surface area contributed by atoms with Gasteiger partial charge in [0.05, 0.1) is 0 Å². The zero-order valence-corrected chi connectivity index (χ0v) is 14.5. The molecule has 0 fully saturated rings. The summed E-state index contributed by atoms with van der Waals surface area (Å²) in [5.74, 6) is 0.849. The van der Waals surface area contributed by atoms with E-state index in [1.807, 2.05) is 12.1 Å². The van der Waals surface area contributed by atoms with Crippen LogP contribution in [-0.4, -0.2) is 20.2 Å². The number of pyridine rings is 1. The lowest BCUT2D eigenvalue weighted by molar-refractivity contribution is 0.547. The Morgan fingerprint density at radius 2 is 1.43 bits per heavy atom. The maximum absolute atomic E-state index is 4.52. The SMILES string of the molecule is CCCCCCCCCCCCCc1nnc2ncccc2n1. The topological polar surface area (TPSA) is 51.6 Å². The molecule has 2 heterocycles. The third-order valence-electron chi connectivity index (χ3n) is 4.28. The van der Waals surface area contributed by atoms with E-state index in [-0.39, 0.29) is 0 Å². The Morgan fingerprint density at radius 3 is 2.13 bits per heavy atom. The van der Waals surface area contributed by atoms with Crippen LogP contribution in [0.1, 0.15) is 83.4 Å². The van der Waals surface area contributed by atoms with Crippen molar-refractivity contribution in [1.29, 1.82) is 0 Å². The molecule has 0 spiro atoms. The number of hydrogen-bond donors (Lipinski definition) is 0. The van der Waals surface area contributed by atoms with Crippen LogP contribution >= 0.6 is 0 Å². The van der Waals surface area contributed by atoms with E-state index >= 15 is 0 Å². The lowest BCUT2D eigenvalue weighted by Gasteiger charge is -2.03. The highest BCUT2D eigenvalue weighted by atomic mass is 15.2. The summed E-state index contributed by atoms with van der Waals surface area (Å²) in [7, 11) is 0. The van der Waals surface area contributed by atoms with E-state index in [4.69, 9.17) is 0 Å². The highest BCUT2D eigenvalue weighted by Crippen LogP contribution is 2.12. The second-order valence-electron chi connectivity index (χ2n) is 6.36. The molecule has 2 aromatic rings. The van der Waals surface area contributed by atoms with Gasteiger partial charge in [0.15, 0.2) is 11.5 Å². The van der Waals surface area contributed by atoms with Crippen LogP contribution in [0.25, 0.3) is 11.2 Å². The van der Waals surface area contributed by atoms with E-state index in [2.05, 4.69) is 27.1 Å². The Kier molecular flexibility index (Phi) is 8.52. The second-order valence-corrected chi connectivity index (χ2v) is 6.36. The molecule has 4 heteroatoms. The van der Waals surface area contributed by atoms with E-state index in [0.29, 0.717) is 5.65 Å². The van der Waals surface area contributed by atoms with Crippen LogP contribution < -0.4 is 0 Å². The highest BCUT2D eigenvalue weighted by molar-refractivity contribution is 5.67. The molecular weight excluding hydrogens is 284 g/mol. The molecule has 2 rings (SSSR count). The Hall–Kier alpha value is -1.58. The fourth-order valence-corrected chi connectivity index (χ4v) is 2.87. The van der Waals surface area contributed by atoms with Crippen LogP contribution in [0.2, 0.25) is 0 Å². The van der Waals surface area contributed by atoms with Crippen LogP contribution in [0.15, 0.2) is 18.3 Å². The molecule has 0 saturated heterocycles. The van der Waals surface area contributed by atoms with Crippen molar-refractivity contribution in [3.8, 4) is 0 Å². The number of fused-ring (bicyclic) bond motifs is 1. The molecular formula is C19H30N4. The predicted molar refractivity (Wildman–Crippen MR) is 95.3 cm³/mol. The number of aryl methyl sites for hydroxylation is 1. The van der Waals surface area contributed by atoms with Crippen LogP contribution in [0.5, 0.6) is 0 Å². The summed E-state index contributed by atoms with van der Waals surface area (Å²) in [6.45, 7) is 2.27. The summed E-state index contributed by atoms with van der Waals surface area (Å²) in [4.78, 5) is 8.67. The molecule has 0 aromatic carbocycles. The van der Waals surface area contributed by atoms with Crippen molar-refractivity contribution < 1.29 is 0 Å². The van der Waals surface area contributed by atoms with Gasteiger partial charge in [-0.25, -0.2) is 9.97 Å². The van der Waals surface area contributed by atoms with Crippen molar-refractivity contribution in [2.75, 3.05) is 0 Å². The van der Waals surface area contributed by atoms with E-state index in [9.17, 15) is 0 Å². The first-order valence-corrected chi connectivity index (χ1v) is 9.34. The van der Waals surface area contributed by atoms with Crippen molar-refractivity contribution in [1.82, 2.24) is 20.2 Å². The average Bonchev–Trinajstić information content (AvgIpc) is 2.59. The molecule has 126 valence electrons. The number of rotatable bonds is 12. The Bertz CT molecular complexity index is 556. The van der Waals surface area contributed by atoms with Crippen molar-refractivity contribution >= 4 is 11.2 Å². The normalized spacial score (nSPS) is 11.2. The molecule has 0 aliphatic heterocycles. The minimum absolute atomic E-state index is 0.634. The Balaban J connectivity index is 1.50. The van der Waals surface area contributed by atoms with Gasteiger partial charge in [0.2, 0.25) is 0 Å².